The van der Waals surface area contributed by atoms with E-state index >= 15 is 0 Å². The third-order valence-electron chi connectivity index (χ3n) is 5.50. The Balaban J connectivity index is 1.25. The average Bonchev–Trinajstić information content (AvgIpc) is 3.36. The molecule has 2 saturated heterocycles. The lowest BCUT2D eigenvalue weighted by atomic mass is 10.2. The Morgan fingerprint density at radius 3 is 2.57 bits per heavy atom. The van der Waals surface area contributed by atoms with E-state index in [0.717, 1.165) is 18.4 Å². The van der Waals surface area contributed by atoms with E-state index in [2.05, 4.69) is 0 Å². The largest absolute Gasteiger partial charge is 0.419 e. The lowest BCUT2D eigenvalue weighted by Gasteiger charge is -2.35. The first kappa shape index (κ1) is 18.7. The van der Waals surface area contributed by atoms with Crippen molar-refractivity contribution < 1.29 is 18.7 Å². The number of oxazole rings is 1. The topological polar surface area (TPSA) is 85.0 Å². The average molecular weight is 387 g/mol. The van der Waals surface area contributed by atoms with Crippen LogP contribution in [0.5, 0.6) is 0 Å². The smallest absolute Gasteiger partial charge is 0.408 e. The van der Waals surface area contributed by atoms with E-state index in [4.69, 9.17) is 9.15 Å². The second-order valence-corrected chi connectivity index (χ2v) is 7.30. The van der Waals surface area contributed by atoms with Crippen LogP contribution < -0.4 is 5.76 Å². The summed E-state index contributed by atoms with van der Waals surface area (Å²) in [5.41, 5.74) is 1.31. The minimum Gasteiger partial charge on any atom is -0.408 e. The molecule has 4 rings (SSSR count). The van der Waals surface area contributed by atoms with E-state index < -0.39 is 5.76 Å². The Morgan fingerprint density at radius 1 is 1.07 bits per heavy atom. The van der Waals surface area contributed by atoms with E-state index in [1.54, 1.807) is 20.4 Å². The number of nitrogens with zero attached hydrogens (tertiary/aromatic N) is 3. The summed E-state index contributed by atoms with van der Waals surface area (Å²) in [4.78, 5) is 40.5. The van der Waals surface area contributed by atoms with Gasteiger partial charge in [0.25, 0.3) is 5.91 Å². The van der Waals surface area contributed by atoms with Crippen LogP contribution in [0.25, 0.3) is 11.1 Å². The van der Waals surface area contributed by atoms with Crippen molar-refractivity contribution in [2.45, 2.75) is 38.3 Å². The molecule has 28 heavy (non-hydrogen) atoms. The number of hydrogen-bond acceptors (Lipinski definition) is 5. The van der Waals surface area contributed by atoms with Gasteiger partial charge in [-0.05, 0) is 31.4 Å². The van der Waals surface area contributed by atoms with Gasteiger partial charge in [-0.1, -0.05) is 12.1 Å². The van der Waals surface area contributed by atoms with Crippen molar-refractivity contribution in [3.05, 3.63) is 34.8 Å². The Kier molecular flexibility index (Phi) is 5.47. The summed E-state index contributed by atoms with van der Waals surface area (Å²) >= 11 is 0. The Labute approximate surface area is 162 Å². The number of rotatable bonds is 5. The lowest BCUT2D eigenvalue weighted by Crippen LogP contribution is -2.52. The molecule has 150 valence electrons. The highest BCUT2D eigenvalue weighted by molar-refractivity contribution is 5.82. The van der Waals surface area contributed by atoms with Crippen LogP contribution in [0.4, 0.5) is 0 Å². The molecule has 2 amide bonds. The van der Waals surface area contributed by atoms with Crippen LogP contribution in [-0.2, 0) is 20.9 Å². The van der Waals surface area contributed by atoms with Gasteiger partial charge in [0.2, 0.25) is 5.91 Å². The molecular formula is C20H25N3O5. The Bertz CT molecular complexity index is 904. The van der Waals surface area contributed by atoms with Gasteiger partial charge in [0.1, 0.15) is 6.10 Å². The molecule has 2 fully saturated rings. The first-order chi connectivity index (χ1) is 13.6. The van der Waals surface area contributed by atoms with E-state index in [9.17, 15) is 14.4 Å². The zero-order chi connectivity index (χ0) is 19.5. The molecule has 3 heterocycles. The molecule has 0 radical (unpaired) electrons. The molecule has 1 aromatic heterocycles. The van der Waals surface area contributed by atoms with Gasteiger partial charge in [0, 0.05) is 45.8 Å². The highest BCUT2D eigenvalue weighted by Crippen LogP contribution is 2.17. The number of hydrogen-bond donors (Lipinski definition) is 0. The van der Waals surface area contributed by atoms with E-state index in [0.29, 0.717) is 57.8 Å². The normalized spacial score (nSPS) is 20.1. The fourth-order valence-electron chi connectivity index (χ4n) is 3.92. The van der Waals surface area contributed by atoms with Crippen molar-refractivity contribution in [2.24, 2.45) is 0 Å². The minimum absolute atomic E-state index is 0.0517. The molecule has 1 atom stereocenters. The third-order valence-corrected chi connectivity index (χ3v) is 5.50. The quantitative estimate of drug-likeness (QED) is 0.770. The fourth-order valence-corrected chi connectivity index (χ4v) is 3.92. The molecule has 1 aromatic carbocycles. The summed E-state index contributed by atoms with van der Waals surface area (Å²) in [7, 11) is 0. The van der Waals surface area contributed by atoms with E-state index in [1.165, 1.54) is 0 Å². The standard InChI is InChI=1S/C20H25N3O5/c24-18(8-3-9-23-15-5-1-2-6-16(15)28-20(23)26)21-10-12-22(13-11-21)19(25)17-7-4-14-27-17/h1-2,5-6,17H,3-4,7-14H2. The lowest BCUT2D eigenvalue weighted by molar-refractivity contribution is -0.146. The molecule has 8 heteroatoms. The summed E-state index contributed by atoms with van der Waals surface area (Å²) in [6.07, 6.45) is 2.36. The Hall–Kier alpha value is -2.61. The van der Waals surface area contributed by atoms with Crippen LogP contribution in [0, 0.1) is 0 Å². The summed E-state index contributed by atoms with van der Waals surface area (Å²) in [6.45, 7) is 3.30. The van der Waals surface area contributed by atoms with Crippen molar-refractivity contribution >= 4 is 22.9 Å². The number of piperazine rings is 1. The van der Waals surface area contributed by atoms with Crippen molar-refractivity contribution in [1.82, 2.24) is 14.4 Å². The molecular weight excluding hydrogens is 362 g/mol. The SMILES string of the molecule is O=C(CCCn1c(=O)oc2ccccc21)N1CCN(C(=O)C2CCCO2)CC1. The maximum absolute atomic E-state index is 12.5. The number of para-hydroxylation sites is 2. The number of benzene rings is 1. The molecule has 2 aliphatic heterocycles. The number of carbonyl (C=O) groups is 2. The summed E-state index contributed by atoms with van der Waals surface area (Å²) in [5, 5.41) is 0. The molecule has 0 aliphatic carbocycles. The maximum Gasteiger partial charge on any atom is 0.419 e. The number of carbonyl (C=O) groups excluding carboxylic acids is 2. The molecule has 0 spiro atoms. The first-order valence-corrected chi connectivity index (χ1v) is 9.90. The maximum atomic E-state index is 12.5. The van der Waals surface area contributed by atoms with Gasteiger partial charge >= 0.3 is 5.76 Å². The van der Waals surface area contributed by atoms with Gasteiger partial charge in [-0.2, -0.15) is 0 Å². The number of aryl methyl sites for hydroxylation is 1. The third kappa shape index (κ3) is 3.82. The van der Waals surface area contributed by atoms with Crippen molar-refractivity contribution in [2.75, 3.05) is 32.8 Å². The monoisotopic (exact) mass is 387 g/mol. The predicted molar refractivity (Wildman–Crippen MR) is 102 cm³/mol. The molecule has 0 saturated carbocycles. The summed E-state index contributed by atoms with van der Waals surface area (Å²) in [5.74, 6) is -0.282. The number of fused-ring (bicyclic) bond motifs is 1. The van der Waals surface area contributed by atoms with E-state index in [1.807, 2.05) is 18.2 Å². The first-order valence-electron chi connectivity index (χ1n) is 9.90. The fraction of sp³-hybridized carbons (Fsp3) is 0.550. The number of ether oxygens (including phenoxy) is 1. The molecule has 0 bridgehead atoms. The van der Waals surface area contributed by atoms with Crippen molar-refractivity contribution in [3.8, 4) is 0 Å². The zero-order valence-electron chi connectivity index (χ0n) is 15.8. The van der Waals surface area contributed by atoms with Gasteiger partial charge < -0.3 is 19.0 Å². The van der Waals surface area contributed by atoms with Gasteiger partial charge in [-0.25, -0.2) is 4.79 Å². The molecule has 8 nitrogen and oxygen atoms in total. The van der Waals surface area contributed by atoms with Crippen LogP contribution in [0.2, 0.25) is 0 Å². The molecule has 1 unspecified atom stereocenters. The van der Waals surface area contributed by atoms with Crippen LogP contribution >= 0.6 is 0 Å². The van der Waals surface area contributed by atoms with Crippen LogP contribution in [0.3, 0.4) is 0 Å². The summed E-state index contributed by atoms with van der Waals surface area (Å²) < 4.78 is 12.2. The highest BCUT2D eigenvalue weighted by atomic mass is 16.5. The van der Waals surface area contributed by atoms with Gasteiger partial charge in [0.05, 0.1) is 5.52 Å². The zero-order valence-corrected chi connectivity index (χ0v) is 15.8. The second-order valence-electron chi connectivity index (χ2n) is 7.30. The van der Waals surface area contributed by atoms with Gasteiger partial charge in [-0.15, -0.1) is 0 Å². The molecule has 0 N–H and O–H groups in total. The second kappa shape index (κ2) is 8.18. The minimum atomic E-state index is -0.394. The van der Waals surface area contributed by atoms with Crippen LogP contribution in [-0.4, -0.2) is 65.1 Å². The number of amides is 2. The van der Waals surface area contributed by atoms with Gasteiger partial charge in [-0.3, -0.25) is 14.2 Å². The number of aromatic nitrogens is 1. The van der Waals surface area contributed by atoms with E-state index in [-0.39, 0.29) is 17.9 Å². The highest BCUT2D eigenvalue weighted by Gasteiger charge is 2.31. The predicted octanol–water partition coefficient (Wildman–Crippen LogP) is 1.22. The Morgan fingerprint density at radius 2 is 1.82 bits per heavy atom. The van der Waals surface area contributed by atoms with Crippen LogP contribution in [0.1, 0.15) is 25.7 Å². The van der Waals surface area contributed by atoms with Gasteiger partial charge in [0.15, 0.2) is 5.58 Å². The molecule has 2 aliphatic rings. The van der Waals surface area contributed by atoms with Crippen LogP contribution in [0.15, 0.2) is 33.5 Å². The molecule has 2 aromatic rings. The van der Waals surface area contributed by atoms with Crippen molar-refractivity contribution in [3.63, 3.8) is 0 Å². The summed E-state index contributed by atoms with van der Waals surface area (Å²) in [6, 6.07) is 7.28. The van der Waals surface area contributed by atoms with Crippen molar-refractivity contribution in [1.29, 1.82) is 0 Å².